The fourth-order valence-electron chi connectivity index (χ4n) is 3.41. The van der Waals surface area contributed by atoms with Crippen LogP contribution in [0.3, 0.4) is 0 Å². The molecule has 1 fully saturated rings. The molecule has 0 spiro atoms. The summed E-state index contributed by atoms with van der Waals surface area (Å²) in [4.78, 5) is 25.8. The second kappa shape index (κ2) is 12.5. The molecule has 8 heteroatoms. The van der Waals surface area contributed by atoms with E-state index >= 15 is 0 Å². The molecule has 1 aliphatic heterocycles. The van der Waals surface area contributed by atoms with Crippen molar-refractivity contribution in [3.63, 3.8) is 0 Å². The molecular weight excluding hydrogens is 394 g/mol. The molecule has 158 valence electrons. The predicted molar refractivity (Wildman–Crippen MR) is 118 cm³/mol. The van der Waals surface area contributed by atoms with Gasteiger partial charge in [0.1, 0.15) is 11.0 Å². The topological polar surface area (TPSA) is 61.4 Å². The second-order valence-electron chi connectivity index (χ2n) is 7.31. The number of hydrogen-bond acceptors (Lipinski definition) is 6. The zero-order valence-corrected chi connectivity index (χ0v) is 19.0. The molecule has 2 rings (SSSR count). The molecule has 1 aliphatic rings. The molecule has 0 aliphatic carbocycles. The van der Waals surface area contributed by atoms with Crippen LogP contribution >= 0.6 is 23.4 Å². The third-order valence-electron chi connectivity index (χ3n) is 5.09. The number of amides is 1. The molecule has 1 aromatic rings. The average molecular weight is 428 g/mol. The molecule has 1 N–H and O–H groups in total. The summed E-state index contributed by atoms with van der Waals surface area (Å²) in [6.45, 7) is 11.7. The van der Waals surface area contributed by atoms with Crippen molar-refractivity contribution in [3.05, 3.63) is 11.2 Å². The monoisotopic (exact) mass is 427 g/mol. The Hall–Kier alpha value is -1.05. The van der Waals surface area contributed by atoms with Gasteiger partial charge in [-0.3, -0.25) is 4.79 Å². The number of halogens is 1. The number of nitrogens with one attached hydrogen (secondary N) is 1. The maximum Gasteiger partial charge on any atom is 0.230 e. The van der Waals surface area contributed by atoms with E-state index in [0.29, 0.717) is 16.1 Å². The summed E-state index contributed by atoms with van der Waals surface area (Å²) in [5.41, 5.74) is 0. The van der Waals surface area contributed by atoms with Gasteiger partial charge in [-0.25, -0.2) is 9.97 Å². The zero-order valence-electron chi connectivity index (χ0n) is 17.4. The van der Waals surface area contributed by atoms with E-state index in [9.17, 15) is 4.79 Å². The molecule has 1 saturated heterocycles. The Balaban J connectivity index is 1.76. The van der Waals surface area contributed by atoms with Gasteiger partial charge < -0.3 is 15.1 Å². The molecule has 0 saturated carbocycles. The number of hydrogen-bond donors (Lipinski definition) is 1. The molecule has 1 atom stereocenters. The van der Waals surface area contributed by atoms with E-state index < -0.39 is 0 Å². The standard InChI is InChI=1S/C20H34ClN5OS/c1-4-25(5-2)11-9-10-16(3)22-19(27)15-28-20-23-17(21)14-18(24-20)26-12-7-6-8-13-26/h14,16H,4-13,15H2,1-3H3,(H,22,27). The Kier molecular flexibility index (Phi) is 10.4. The van der Waals surface area contributed by atoms with Crippen LogP contribution in [0, 0.1) is 0 Å². The quantitative estimate of drug-likeness (QED) is 0.329. The van der Waals surface area contributed by atoms with Crippen molar-refractivity contribution in [2.75, 3.05) is 43.4 Å². The molecular formula is C20H34ClN5OS. The number of piperidine rings is 1. The number of carbonyl (C=O) groups is 1. The summed E-state index contributed by atoms with van der Waals surface area (Å²) >= 11 is 7.53. The fourth-order valence-corrected chi connectivity index (χ4v) is 4.31. The molecule has 6 nitrogen and oxygen atoms in total. The smallest absolute Gasteiger partial charge is 0.230 e. The molecule has 1 amide bonds. The zero-order chi connectivity index (χ0) is 20.4. The molecule has 2 heterocycles. The van der Waals surface area contributed by atoms with E-state index in [1.54, 1.807) is 0 Å². The van der Waals surface area contributed by atoms with Gasteiger partial charge in [0.05, 0.1) is 5.75 Å². The SMILES string of the molecule is CCN(CC)CCCC(C)NC(=O)CSc1nc(Cl)cc(N2CCCCC2)n1. The lowest BCUT2D eigenvalue weighted by atomic mass is 10.1. The van der Waals surface area contributed by atoms with Crippen LogP contribution in [0.2, 0.25) is 5.15 Å². The van der Waals surface area contributed by atoms with E-state index in [4.69, 9.17) is 11.6 Å². The van der Waals surface area contributed by atoms with Gasteiger partial charge in [0.2, 0.25) is 5.91 Å². The second-order valence-corrected chi connectivity index (χ2v) is 8.64. The van der Waals surface area contributed by atoms with Gasteiger partial charge in [0.15, 0.2) is 5.16 Å². The number of thioether (sulfide) groups is 1. The predicted octanol–water partition coefficient (Wildman–Crippen LogP) is 3.84. The van der Waals surface area contributed by atoms with Crippen molar-refractivity contribution >= 4 is 35.1 Å². The molecule has 0 aromatic carbocycles. The minimum absolute atomic E-state index is 0.0171. The number of anilines is 1. The number of aromatic nitrogens is 2. The van der Waals surface area contributed by atoms with Crippen molar-refractivity contribution < 1.29 is 4.79 Å². The van der Waals surface area contributed by atoms with E-state index in [-0.39, 0.29) is 11.9 Å². The number of carbonyl (C=O) groups excluding carboxylic acids is 1. The van der Waals surface area contributed by atoms with Crippen LogP contribution in [0.5, 0.6) is 0 Å². The fraction of sp³-hybridized carbons (Fsp3) is 0.750. The van der Waals surface area contributed by atoms with Crippen LogP contribution in [-0.2, 0) is 4.79 Å². The summed E-state index contributed by atoms with van der Waals surface area (Å²) in [6.07, 6.45) is 5.70. The first-order valence-electron chi connectivity index (χ1n) is 10.5. The Bertz CT molecular complexity index is 608. The maximum absolute atomic E-state index is 12.3. The molecule has 0 bridgehead atoms. The van der Waals surface area contributed by atoms with E-state index in [2.05, 4.69) is 45.9 Å². The number of nitrogens with zero attached hydrogens (tertiary/aromatic N) is 4. The van der Waals surface area contributed by atoms with E-state index in [1.807, 2.05) is 6.07 Å². The normalized spacial score (nSPS) is 15.7. The lowest BCUT2D eigenvalue weighted by molar-refractivity contribution is -0.119. The molecule has 28 heavy (non-hydrogen) atoms. The van der Waals surface area contributed by atoms with Crippen molar-refractivity contribution in [2.45, 2.75) is 64.1 Å². The highest BCUT2D eigenvalue weighted by Gasteiger charge is 2.15. The Morgan fingerprint density at radius 2 is 2.00 bits per heavy atom. The summed E-state index contributed by atoms with van der Waals surface area (Å²) in [5, 5.41) is 4.08. The molecule has 1 unspecified atom stereocenters. The lowest BCUT2D eigenvalue weighted by Gasteiger charge is -2.27. The van der Waals surface area contributed by atoms with Gasteiger partial charge in [0, 0.05) is 25.2 Å². The summed E-state index contributed by atoms with van der Waals surface area (Å²) in [6, 6.07) is 1.99. The van der Waals surface area contributed by atoms with Crippen molar-refractivity contribution in [1.82, 2.24) is 20.2 Å². The van der Waals surface area contributed by atoms with Crippen LogP contribution in [0.25, 0.3) is 0 Å². The van der Waals surface area contributed by atoms with E-state index in [1.165, 1.54) is 31.0 Å². The minimum atomic E-state index is 0.0171. The van der Waals surface area contributed by atoms with Crippen LogP contribution in [0.4, 0.5) is 5.82 Å². The molecule has 0 radical (unpaired) electrons. The van der Waals surface area contributed by atoms with Gasteiger partial charge in [-0.15, -0.1) is 0 Å². The Morgan fingerprint density at radius 1 is 1.29 bits per heavy atom. The van der Waals surface area contributed by atoms with Gasteiger partial charge in [0.25, 0.3) is 0 Å². The van der Waals surface area contributed by atoms with Crippen LogP contribution in [0.15, 0.2) is 11.2 Å². The van der Waals surface area contributed by atoms with Crippen LogP contribution in [-0.4, -0.2) is 65.3 Å². The van der Waals surface area contributed by atoms with Crippen LogP contribution in [0.1, 0.15) is 52.9 Å². The first-order valence-corrected chi connectivity index (χ1v) is 11.8. The highest BCUT2D eigenvalue weighted by Crippen LogP contribution is 2.24. The first-order chi connectivity index (χ1) is 13.5. The minimum Gasteiger partial charge on any atom is -0.356 e. The van der Waals surface area contributed by atoms with Gasteiger partial charge in [-0.2, -0.15) is 0 Å². The molecule has 1 aromatic heterocycles. The summed E-state index contributed by atoms with van der Waals surface area (Å²) in [7, 11) is 0. The summed E-state index contributed by atoms with van der Waals surface area (Å²) in [5.74, 6) is 1.19. The lowest BCUT2D eigenvalue weighted by Crippen LogP contribution is -2.34. The van der Waals surface area contributed by atoms with Gasteiger partial charge >= 0.3 is 0 Å². The maximum atomic E-state index is 12.3. The largest absolute Gasteiger partial charge is 0.356 e. The number of rotatable bonds is 11. The first kappa shape index (κ1) is 23.2. The van der Waals surface area contributed by atoms with Crippen molar-refractivity contribution in [2.24, 2.45) is 0 Å². The highest BCUT2D eigenvalue weighted by molar-refractivity contribution is 7.99. The van der Waals surface area contributed by atoms with E-state index in [0.717, 1.165) is 51.4 Å². The Labute approximate surface area is 178 Å². The van der Waals surface area contributed by atoms with Crippen molar-refractivity contribution in [1.29, 1.82) is 0 Å². The highest BCUT2D eigenvalue weighted by atomic mass is 35.5. The third-order valence-corrected chi connectivity index (χ3v) is 6.13. The van der Waals surface area contributed by atoms with Gasteiger partial charge in [-0.1, -0.05) is 37.2 Å². The summed E-state index contributed by atoms with van der Waals surface area (Å²) < 4.78 is 0. The Morgan fingerprint density at radius 3 is 2.68 bits per heavy atom. The van der Waals surface area contributed by atoms with Crippen molar-refractivity contribution in [3.8, 4) is 0 Å². The van der Waals surface area contributed by atoms with Gasteiger partial charge in [-0.05, 0) is 58.7 Å². The average Bonchev–Trinajstić information content (AvgIpc) is 2.70. The van der Waals surface area contributed by atoms with Crippen LogP contribution < -0.4 is 10.2 Å². The third kappa shape index (κ3) is 8.13.